The van der Waals surface area contributed by atoms with Gasteiger partial charge in [-0.3, -0.25) is 0 Å². The van der Waals surface area contributed by atoms with Gasteiger partial charge in [-0.15, -0.1) is 0 Å². The predicted molar refractivity (Wildman–Crippen MR) is 64.9 cm³/mol. The predicted octanol–water partition coefficient (Wildman–Crippen LogP) is 3.60. The van der Waals surface area contributed by atoms with E-state index >= 15 is 0 Å². The third-order valence-corrected chi connectivity index (χ3v) is 4.58. The van der Waals surface area contributed by atoms with Crippen LogP contribution in [0.1, 0.15) is 38.2 Å². The van der Waals surface area contributed by atoms with Crippen molar-refractivity contribution < 1.29 is 13.2 Å². The summed E-state index contributed by atoms with van der Waals surface area (Å²) in [6.07, 6.45) is 1.73. The topological polar surface area (TPSA) is 12.0 Å². The fraction of sp³-hybridized carbons (Fsp3) is 0.571. The summed E-state index contributed by atoms with van der Waals surface area (Å²) in [6, 6.07) is 2.59. The average Bonchev–Trinajstić information content (AvgIpc) is 2.34. The number of nitrogens with one attached hydrogen (secondary N) is 1. The summed E-state index contributed by atoms with van der Waals surface area (Å²) in [7, 11) is 1.89. The summed E-state index contributed by atoms with van der Waals surface area (Å²) in [5.74, 6) is -3.52. The van der Waals surface area contributed by atoms with Crippen LogP contribution in [0.15, 0.2) is 12.1 Å². The molecule has 1 aromatic carbocycles. The van der Waals surface area contributed by atoms with E-state index in [0.717, 1.165) is 25.0 Å². The molecule has 0 heterocycles. The summed E-state index contributed by atoms with van der Waals surface area (Å²) in [6.45, 7) is 4.16. The van der Waals surface area contributed by atoms with E-state index in [1.165, 1.54) is 0 Å². The smallest absolute Gasteiger partial charge is 0.194 e. The van der Waals surface area contributed by atoms with Gasteiger partial charge < -0.3 is 5.32 Å². The number of benzene rings is 1. The maximum absolute atomic E-state index is 13.3. The fourth-order valence-corrected chi connectivity index (χ4v) is 3.09. The van der Waals surface area contributed by atoms with Gasteiger partial charge in [0.15, 0.2) is 17.5 Å². The lowest BCUT2D eigenvalue weighted by Crippen LogP contribution is -2.55. The van der Waals surface area contributed by atoms with Crippen molar-refractivity contribution in [2.75, 3.05) is 7.05 Å². The van der Waals surface area contributed by atoms with Gasteiger partial charge in [0.05, 0.1) is 0 Å². The van der Waals surface area contributed by atoms with Crippen LogP contribution in [0.3, 0.4) is 0 Å². The van der Waals surface area contributed by atoms with E-state index in [2.05, 4.69) is 19.2 Å². The Morgan fingerprint density at radius 1 is 1.28 bits per heavy atom. The molecule has 4 heteroatoms. The summed E-state index contributed by atoms with van der Waals surface area (Å²) in [4.78, 5) is 0. The summed E-state index contributed by atoms with van der Waals surface area (Å²) >= 11 is 0. The van der Waals surface area contributed by atoms with Crippen LogP contribution in [-0.4, -0.2) is 13.1 Å². The van der Waals surface area contributed by atoms with Gasteiger partial charge in [0, 0.05) is 6.04 Å². The average molecular weight is 257 g/mol. The first-order chi connectivity index (χ1) is 8.43. The molecule has 0 amide bonds. The number of halogens is 3. The van der Waals surface area contributed by atoms with Gasteiger partial charge in [-0.25, -0.2) is 13.2 Å². The molecule has 0 aliphatic heterocycles. The SMILES string of the molecule is CCC1(C)C(NC)CC1c1cc(F)c(F)c(F)c1. The molecule has 0 bridgehead atoms. The molecule has 18 heavy (non-hydrogen) atoms. The molecule has 1 saturated carbocycles. The van der Waals surface area contributed by atoms with Gasteiger partial charge in [-0.05, 0) is 48.9 Å². The van der Waals surface area contributed by atoms with Gasteiger partial charge in [0.1, 0.15) is 0 Å². The molecule has 1 nitrogen and oxygen atoms in total. The molecule has 0 spiro atoms. The van der Waals surface area contributed by atoms with Crippen molar-refractivity contribution in [3.63, 3.8) is 0 Å². The van der Waals surface area contributed by atoms with Crippen LogP contribution >= 0.6 is 0 Å². The standard InChI is InChI=1S/C14H18F3N/c1-4-14(2)9(7-12(14)18-3)8-5-10(15)13(17)11(16)6-8/h5-6,9,12,18H,4,7H2,1-3H3. The fourth-order valence-electron chi connectivity index (χ4n) is 3.09. The van der Waals surface area contributed by atoms with E-state index in [9.17, 15) is 13.2 Å². The summed E-state index contributed by atoms with van der Waals surface area (Å²) in [5.41, 5.74) is 0.521. The van der Waals surface area contributed by atoms with Crippen LogP contribution in [-0.2, 0) is 0 Å². The Morgan fingerprint density at radius 3 is 2.28 bits per heavy atom. The van der Waals surface area contributed by atoms with Crippen molar-refractivity contribution in [3.05, 3.63) is 35.1 Å². The number of hydrogen-bond donors (Lipinski definition) is 1. The first-order valence-electron chi connectivity index (χ1n) is 6.25. The van der Waals surface area contributed by atoms with Gasteiger partial charge in [0.2, 0.25) is 0 Å². The zero-order chi connectivity index (χ0) is 13.5. The Morgan fingerprint density at radius 2 is 1.83 bits per heavy atom. The normalized spacial score (nSPS) is 31.2. The Kier molecular flexibility index (Phi) is 3.41. The third kappa shape index (κ3) is 1.83. The van der Waals surface area contributed by atoms with Crippen molar-refractivity contribution >= 4 is 0 Å². The third-order valence-electron chi connectivity index (χ3n) is 4.58. The first-order valence-corrected chi connectivity index (χ1v) is 6.25. The van der Waals surface area contributed by atoms with E-state index in [4.69, 9.17) is 0 Å². The van der Waals surface area contributed by atoms with Crippen LogP contribution in [0.4, 0.5) is 13.2 Å². The minimum absolute atomic E-state index is 0.0363. The highest BCUT2D eigenvalue weighted by Gasteiger charge is 2.50. The minimum Gasteiger partial charge on any atom is -0.316 e. The van der Waals surface area contributed by atoms with E-state index in [1.807, 2.05) is 7.05 Å². The van der Waals surface area contributed by atoms with Crippen molar-refractivity contribution in [1.29, 1.82) is 0 Å². The molecule has 1 aromatic rings. The zero-order valence-electron chi connectivity index (χ0n) is 10.9. The summed E-state index contributed by atoms with van der Waals surface area (Å²) in [5, 5.41) is 3.22. The van der Waals surface area contributed by atoms with E-state index in [1.54, 1.807) is 0 Å². The van der Waals surface area contributed by atoms with Gasteiger partial charge >= 0.3 is 0 Å². The maximum Gasteiger partial charge on any atom is 0.194 e. The van der Waals surface area contributed by atoms with Gasteiger partial charge in [-0.2, -0.15) is 0 Å². The molecule has 0 saturated heterocycles. The Balaban J connectivity index is 2.34. The van der Waals surface area contributed by atoms with Crippen LogP contribution < -0.4 is 5.32 Å². The highest BCUT2D eigenvalue weighted by atomic mass is 19.2. The Bertz CT molecular complexity index is 437. The first kappa shape index (κ1) is 13.4. The van der Waals surface area contributed by atoms with Gasteiger partial charge in [0.25, 0.3) is 0 Å². The van der Waals surface area contributed by atoms with Crippen molar-refractivity contribution in [3.8, 4) is 0 Å². The molecule has 0 radical (unpaired) electrons. The maximum atomic E-state index is 13.3. The van der Waals surface area contributed by atoms with E-state index < -0.39 is 17.5 Å². The molecule has 1 N–H and O–H groups in total. The number of hydrogen-bond acceptors (Lipinski definition) is 1. The van der Waals surface area contributed by atoms with Crippen LogP contribution in [0.2, 0.25) is 0 Å². The molecule has 1 aliphatic rings. The molecule has 3 unspecified atom stereocenters. The van der Waals surface area contributed by atoms with E-state index in [-0.39, 0.29) is 11.3 Å². The van der Waals surface area contributed by atoms with Crippen molar-refractivity contribution in [2.24, 2.45) is 5.41 Å². The second kappa shape index (κ2) is 4.57. The molecular formula is C14H18F3N. The lowest BCUT2D eigenvalue weighted by atomic mass is 9.54. The highest BCUT2D eigenvalue weighted by molar-refractivity contribution is 5.29. The quantitative estimate of drug-likeness (QED) is 0.816. The zero-order valence-corrected chi connectivity index (χ0v) is 10.9. The molecule has 1 aliphatic carbocycles. The second-order valence-corrected chi connectivity index (χ2v) is 5.29. The Hall–Kier alpha value is -1.03. The lowest BCUT2D eigenvalue weighted by Gasteiger charge is -2.54. The molecular weight excluding hydrogens is 239 g/mol. The monoisotopic (exact) mass is 257 g/mol. The second-order valence-electron chi connectivity index (χ2n) is 5.29. The Labute approximate surface area is 105 Å². The summed E-state index contributed by atoms with van der Waals surface area (Å²) < 4.78 is 39.5. The molecule has 0 aromatic heterocycles. The van der Waals surface area contributed by atoms with Crippen LogP contribution in [0.5, 0.6) is 0 Å². The van der Waals surface area contributed by atoms with Crippen molar-refractivity contribution in [2.45, 2.75) is 38.6 Å². The highest BCUT2D eigenvalue weighted by Crippen LogP contribution is 2.54. The molecule has 100 valence electrons. The molecule has 3 atom stereocenters. The van der Waals surface area contributed by atoms with Crippen LogP contribution in [0.25, 0.3) is 0 Å². The minimum atomic E-state index is -1.39. The molecule has 1 fully saturated rings. The van der Waals surface area contributed by atoms with Crippen molar-refractivity contribution in [1.82, 2.24) is 5.32 Å². The van der Waals surface area contributed by atoms with Crippen LogP contribution in [0, 0.1) is 22.9 Å². The van der Waals surface area contributed by atoms with Gasteiger partial charge in [-0.1, -0.05) is 13.8 Å². The largest absolute Gasteiger partial charge is 0.316 e. The van der Waals surface area contributed by atoms with E-state index in [0.29, 0.717) is 11.6 Å². The molecule has 2 rings (SSSR count). The number of rotatable bonds is 3. The lowest BCUT2D eigenvalue weighted by molar-refractivity contribution is 0.0490.